The number of carbonyl (C=O) groups excluding carboxylic acids is 1. The van der Waals surface area contributed by atoms with Gasteiger partial charge in [0.15, 0.2) is 0 Å². The Morgan fingerprint density at radius 3 is 3.00 bits per heavy atom. The molecule has 5 nitrogen and oxygen atoms in total. The van der Waals surface area contributed by atoms with Crippen LogP contribution in [0.2, 0.25) is 5.15 Å². The number of hydrogen-bond donors (Lipinski definition) is 2. The molecular weight excluding hydrogens is 216 g/mol. The van der Waals surface area contributed by atoms with E-state index < -0.39 is 6.04 Å². The molecule has 15 heavy (non-hydrogen) atoms. The van der Waals surface area contributed by atoms with E-state index in [9.17, 15) is 4.79 Å². The van der Waals surface area contributed by atoms with Crippen LogP contribution in [0, 0.1) is 0 Å². The van der Waals surface area contributed by atoms with Gasteiger partial charge < -0.3 is 11.1 Å². The lowest BCUT2D eigenvalue weighted by molar-refractivity contribution is -0.117. The molecule has 1 unspecified atom stereocenters. The standard InChI is InChI=1S/C9H13ClN4O/c1-2-3-6(11)9(15)14-8-4-7(10)12-5-13-8/h4-6H,2-3,11H2,1H3,(H,12,13,14,15). The molecule has 1 atom stereocenters. The van der Waals surface area contributed by atoms with E-state index in [0.29, 0.717) is 12.2 Å². The lowest BCUT2D eigenvalue weighted by Gasteiger charge is -2.10. The largest absolute Gasteiger partial charge is 0.320 e. The molecule has 1 heterocycles. The Balaban J connectivity index is 2.58. The van der Waals surface area contributed by atoms with E-state index in [2.05, 4.69) is 15.3 Å². The number of carbonyl (C=O) groups is 1. The van der Waals surface area contributed by atoms with Gasteiger partial charge in [-0.05, 0) is 6.42 Å². The predicted molar refractivity (Wildman–Crippen MR) is 58.6 cm³/mol. The summed E-state index contributed by atoms with van der Waals surface area (Å²) < 4.78 is 0. The molecule has 3 N–H and O–H groups in total. The second-order valence-electron chi connectivity index (χ2n) is 3.11. The first-order valence-electron chi connectivity index (χ1n) is 4.67. The van der Waals surface area contributed by atoms with Crippen LogP contribution in [0.25, 0.3) is 0 Å². The van der Waals surface area contributed by atoms with Gasteiger partial charge in [0.1, 0.15) is 17.3 Å². The van der Waals surface area contributed by atoms with Crippen molar-refractivity contribution in [3.8, 4) is 0 Å². The highest BCUT2D eigenvalue weighted by Crippen LogP contribution is 2.09. The molecule has 0 fully saturated rings. The van der Waals surface area contributed by atoms with Gasteiger partial charge in [-0.1, -0.05) is 24.9 Å². The molecule has 1 aromatic heterocycles. The highest BCUT2D eigenvalue weighted by atomic mass is 35.5. The van der Waals surface area contributed by atoms with Crippen molar-refractivity contribution in [2.24, 2.45) is 5.73 Å². The van der Waals surface area contributed by atoms with Gasteiger partial charge in [-0.2, -0.15) is 0 Å². The summed E-state index contributed by atoms with van der Waals surface area (Å²) in [7, 11) is 0. The Hall–Kier alpha value is -1.20. The number of nitrogens with zero attached hydrogens (tertiary/aromatic N) is 2. The Kier molecular flexibility index (Phi) is 4.45. The molecule has 0 aliphatic heterocycles. The maximum absolute atomic E-state index is 11.5. The molecule has 0 aliphatic carbocycles. The summed E-state index contributed by atoms with van der Waals surface area (Å²) in [4.78, 5) is 19.0. The Bertz CT molecular complexity index is 345. The summed E-state index contributed by atoms with van der Waals surface area (Å²) in [6.45, 7) is 1.97. The van der Waals surface area contributed by atoms with Crippen molar-refractivity contribution in [1.82, 2.24) is 9.97 Å². The average Bonchev–Trinajstić information content (AvgIpc) is 2.18. The minimum absolute atomic E-state index is 0.258. The van der Waals surface area contributed by atoms with Crippen LogP contribution < -0.4 is 11.1 Å². The zero-order valence-electron chi connectivity index (χ0n) is 8.40. The van der Waals surface area contributed by atoms with Crippen LogP contribution in [0.4, 0.5) is 5.82 Å². The van der Waals surface area contributed by atoms with E-state index in [1.54, 1.807) is 0 Å². The van der Waals surface area contributed by atoms with Gasteiger partial charge in [-0.15, -0.1) is 0 Å². The summed E-state index contributed by atoms with van der Waals surface area (Å²) in [5.41, 5.74) is 5.63. The zero-order valence-corrected chi connectivity index (χ0v) is 9.16. The molecule has 0 bridgehead atoms. The van der Waals surface area contributed by atoms with E-state index >= 15 is 0 Å². The highest BCUT2D eigenvalue weighted by molar-refractivity contribution is 6.29. The maximum Gasteiger partial charge on any atom is 0.242 e. The third-order valence-corrected chi connectivity index (χ3v) is 2.03. The first kappa shape index (κ1) is 11.9. The van der Waals surface area contributed by atoms with Crippen molar-refractivity contribution >= 4 is 23.3 Å². The van der Waals surface area contributed by atoms with Crippen molar-refractivity contribution in [2.45, 2.75) is 25.8 Å². The molecular formula is C9H13ClN4O. The van der Waals surface area contributed by atoms with E-state index in [0.717, 1.165) is 6.42 Å². The topological polar surface area (TPSA) is 80.9 Å². The van der Waals surface area contributed by atoms with Crippen molar-refractivity contribution in [3.05, 3.63) is 17.5 Å². The van der Waals surface area contributed by atoms with E-state index in [-0.39, 0.29) is 11.1 Å². The first-order valence-corrected chi connectivity index (χ1v) is 5.05. The second-order valence-corrected chi connectivity index (χ2v) is 3.50. The van der Waals surface area contributed by atoms with Crippen LogP contribution in [0.15, 0.2) is 12.4 Å². The number of nitrogens with one attached hydrogen (secondary N) is 1. The fraction of sp³-hybridized carbons (Fsp3) is 0.444. The Morgan fingerprint density at radius 2 is 2.40 bits per heavy atom. The molecule has 0 aromatic carbocycles. The average molecular weight is 229 g/mol. The molecule has 6 heteroatoms. The fourth-order valence-corrected chi connectivity index (χ4v) is 1.21. The molecule has 0 saturated carbocycles. The van der Waals surface area contributed by atoms with Crippen molar-refractivity contribution < 1.29 is 4.79 Å². The zero-order chi connectivity index (χ0) is 11.3. The van der Waals surface area contributed by atoms with Gasteiger partial charge in [-0.25, -0.2) is 9.97 Å². The molecule has 0 radical (unpaired) electrons. The minimum Gasteiger partial charge on any atom is -0.320 e. The molecule has 0 spiro atoms. The Morgan fingerprint density at radius 1 is 1.67 bits per heavy atom. The number of amides is 1. The number of rotatable bonds is 4. The number of halogens is 1. The maximum atomic E-state index is 11.5. The first-order chi connectivity index (χ1) is 7.13. The molecule has 1 aromatic rings. The number of hydrogen-bond acceptors (Lipinski definition) is 4. The fourth-order valence-electron chi connectivity index (χ4n) is 1.06. The molecule has 0 aliphatic rings. The monoisotopic (exact) mass is 228 g/mol. The van der Waals surface area contributed by atoms with Gasteiger partial charge in [0.05, 0.1) is 6.04 Å². The van der Waals surface area contributed by atoms with Crippen LogP contribution in [0.1, 0.15) is 19.8 Å². The van der Waals surface area contributed by atoms with Gasteiger partial charge in [0.25, 0.3) is 0 Å². The lowest BCUT2D eigenvalue weighted by Crippen LogP contribution is -2.35. The second kappa shape index (κ2) is 5.63. The van der Waals surface area contributed by atoms with Crippen LogP contribution in [-0.4, -0.2) is 21.9 Å². The summed E-state index contributed by atoms with van der Waals surface area (Å²) in [6.07, 6.45) is 2.78. The normalized spacial score (nSPS) is 12.2. The van der Waals surface area contributed by atoms with E-state index in [1.807, 2.05) is 6.92 Å². The van der Waals surface area contributed by atoms with Gasteiger partial charge in [-0.3, -0.25) is 4.79 Å². The lowest BCUT2D eigenvalue weighted by atomic mass is 10.2. The van der Waals surface area contributed by atoms with Crippen molar-refractivity contribution in [3.63, 3.8) is 0 Å². The number of anilines is 1. The third kappa shape index (κ3) is 3.81. The van der Waals surface area contributed by atoms with Gasteiger partial charge in [0.2, 0.25) is 5.91 Å². The molecule has 1 rings (SSSR count). The third-order valence-electron chi connectivity index (χ3n) is 1.82. The molecule has 82 valence electrons. The van der Waals surface area contributed by atoms with Crippen LogP contribution in [-0.2, 0) is 4.79 Å². The van der Waals surface area contributed by atoms with Crippen molar-refractivity contribution in [2.75, 3.05) is 5.32 Å². The predicted octanol–water partition coefficient (Wildman–Crippen LogP) is 1.20. The Labute approximate surface area is 93.0 Å². The number of aromatic nitrogens is 2. The van der Waals surface area contributed by atoms with Crippen LogP contribution >= 0.6 is 11.6 Å². The van der Waals surface area contributed by atoms with E-state index in [4.69, 9.17) is 17.3 Å². The van der Waals surface area contributed by atoms with Crippen molar-refractivity contribution in [1.29, 1.82) is 0 Å². The van der Waals surface area contributed by atoms with E-state index in [1.165, 1.54) is 12.4 Å². The summed E-state index contributed by atoms with van der Waals surface area (Å²) in [5.74, 6) is 0.109. The quantitative estimate of drug-likeness (QED) is 0.759. The summed E-state index contributed by atoms with van der Waals surface area (Å²) in [5, 5.41) is 2.85. The number of nitrogens with two attached hydrogens (primary N) is 1. The smallest absolute Gasteiger partial charge is 0.242 e. The van der Waals surface area contributed by atoms with Gasteiger partial charge >= 0.3 is 0 Å². The molecule has 0 saturated heterocycles. The minimum atomic E-state index is -0.510. The SMILES string of the molecule is CCCC(N)C(=O)Nc1cc(Cl)ncn1. The summed E-state index contributed by atoms with van der Waals surface area (Å²) in [6, 6.07) is 0.960. The van der Waals surface area contributed by atoms with Crippen LogP contribution in [0.3, 0.4) is 0 Å². The van der Waals surface area contributed by atoms with Crippen LogP contribution in [0.5, 0.6) is 0 Å². The summed E-state index contributed by atoms with van der Waals surface area (Å²) >= 11 is 5.64. The molecule has 1 amide bonds. The highest BCUT2D eigenvalue weighted by Gasteiger charge is 2.12. The van der Waals surface area contributed by atoms with Gasteiger partial charge in [0, 0.05) is 6.07 Å².